The first kappa shape index (κ1) is 20.8. The lowest BCUT2D eigenvalue weighted by atomic mass is 10.2. The smallest absolute Gasteiger partial charge is 0.258 e. The molecule has 1 amide bonds. The van der Waals surface area contributed by atoms with Crippen LogP contribution in [0, 0.1) is 11.3 Å². The molecule has 0 spiro atoms. The summed E-state index contributed by atoms with van der Waals surface area (Å²) in [6, 6.07) is 13.2. The van der Waals surface area contributed by atoms with Crippen molar-refractivity contribution in [3.8, 4) is 6.07 Å². The lowest BCUT2D eigenvalue weighted by Crippen LogP contribution is -2.51. The van der Waals surface area contributed by atoms with E-state index >= 15 is 0 Å². The van der Waals surface area contributed by atoms with Crippen LogP contribution in [0.1, 0.15) is 29.3 Å². The molecule has 4 nitrogen and oxygen atoms in total. The summed E-state index contributed by atoms with van der Waals surface area (Å²) in [5.74, 6) is 0.604. The normalized spacial score (nSPS) is 16.9. The van der Waals surface area contributed by atoms with E-state index in [-0.39, 0.29) is 0 Å². The summed E-state index contributed by atoms with van der Waals surface area (Å²) >= 11 is 2.73. The fraction of sp³-hybridized carbons (Fsp3) is 0.400. The molecule has 0 radical (unpaired) electrons. The van der Waals surface area contributed by atoms with E-state index in [9.17, 15) is 18.8 Å². The Morgan fingerprint density at radius 1 is 1.25 bits per heavy atom. The van der Waals surface area contributed by atoms with E-state index in [1.54, 1.807) is 17.5 Å². The first-order chi connectivity index (χ1) is 13.5. The molecule has 0 bridgehead atoms. The second kappa shape index (κ2) is 9.50. The molecule has 1 aromatic heterocycles. The SMILES string of the molecule is N#CC1(NC(=O)[C@H](CSCc2ccccc2)NC(c2cccs2)C(F)F)CC1. The highest BCUT2D eigenvalue weighted by Gasteiger charge is 2.46. The maximum atomic E-state index is 13.6. The Hall–Kier alpha value is -1.95. The van der Waals surface area contributed by atoms with E-state index in [1.165, 1.54) is 23.1 Å². The molecule has 2 N–H and O–H groups in total. The van der Waals surface area contributed by atoms with Crippen LogP contribution in [-0.2, 0) is 10.5 Å². The van der Waals surface area contributed by atoms with Gasteiger partial charge < -0.3 is 5.32 Å². The standard InChI is InChI=1S/C20H21F2N3OS2/c21-18(22)17(16-7-4-10-28-16)24-15(19(26)25-20(13-23)8-9-20)12-27-11-14-5-2-1-3-6-14/h1-7,10,15,17-18,24H,8-9,11-12H2,(H,25,26)/t15-,17?/m0/s1. The van der Waals surface area contributed by atoms with Gasteiger partial charge in [-0.25, -0.2) is 8.78 Å². The Morgan fingerprint density at radius 2 is 2.00 bits per heavy atom. The van der Waals surface area contributed by atoms with E-state index in [4.69, 9.17) is 0 Å². The molecular weight excluding hydrogens is 400 g/mol. The average molecular weight is 422 g/mol. The topological polar surface area (TPSA) is 64.9 Å². The van der Waals surface area contributed by atoms with Gasteiger partial charge in [0.1, 0.15) is 11.6 Å². The lowest BCUT2D eigenvalue weighted by Gasteiger charge is -2.25. The molecule has 8 heteroatoms. The minimum atomic E-state index is -2.64. The number of rotatable bonds is 10. The molecule has 1 fully saturated rings. The molecule has 1 aromatic carbocycles. The summed E-state index contributed by atoms with van der Waals surface area (Å²) in [4.78, 5) is 13.2. The first-order valence-corrected chi connectivity index (χ1v) is 11.0. The molecule has 2 atom stereocenters. The number of carbonyl (C=O) groups excluding carboxylic acids is 1. The Morgan fingerprint density at radius 3 is 2.57 bits per heavy atom. The van der Waals surface area contributed by atoms with E-state index in [2.05, 4.69) is 16.7 Å². The summed E-state index contributed by atoms with van der Waals surface area (Å²) in [5, 5.41) is 16.5. The minimum Gasteiger partial charge on any atom is -0.336 e. The van der Waals surface area contributed by atoms with Crippen LogP contribution in [-0.4, -0.2) is 29.7 Å². The van der Waals surface area contributed by atoms with Gasteiger partial charge in [-0.2, -0.15) is 17.0 Å². The fourth-order valence-electron chi connectivity index (χ4n) is 2.75. The predicted molar refractivity (Wildman–Crippen MR) is 108 cm³/mol. The summed E-state index contributed by atoms with van der Waals surface area (Å²) in [6.07, 6.45) is -1.44. The van der Waals surface area contributed by atoms with Crippen molar-refractivity contribution in [1.29, 1.82) is 5.26 Å². The third-order valence-corrected chi connectivity index (χ3v) is 6.58. The van der Waals surface area contributed by atoms with Gasteiger partial charge in [-0.1, -0.05) is 36.4 Å². The highest BCUT2D eigenvalue weighted by Crippen LogP contribution is 2.34. The molecule has 148 valence electrons. The van der Waals surface area contributed by atoms with Gasteiger partial charge in [0.25, 0.3) is 6.43 Å². The van der Waals surface area contributed by atoms with Gasteiger partial charge >= 0.3 is 0 Å². The fourth-order valence-corrected chi connectivity index (χ4v) is 4.56. The molecule has 1 unspecified atom stereocenters. The number of alkyl halides is 2. The van der Waals surface area contributed by atoms with Gasteiger partial charge in [-0.3, -0.25) is 10.1 Å². The number of benzene rings is 1. The van der Waals surface area contributed by atoms with Crippen molar-refractivity contribution in [2.24, 2.45) is 0 Å². The van der Waals surface area contributed by atoms with Crippen molar-refractivity contribution in [3.05, 3.63) is 58.3 Å². The Balaban J connectivity index is 1.67. The quantitative estimate of drug-likeness (QED) is 0.606. The van der Waals surface area contributed by atoms with E-state index in [0.717, 1.165) is 5.56 Å². The van der Waals surface area contributed by atoms with Crippen LogP contribution in [0.2, 0.25) is 0 Å². The average Bonchev–Trinajstić information content (AvgIpc) is 3.25. The van der Waals surface area contributed by atoms with Gasteiger partial charge in [-0.15, -0.1) is 11.3 Å². The van der Waals surface area contributed by atoms with Crippen molar-refractivity contribution < 1.29 is 13.6 Å². The second-order valence-corrected chi connectivity index (χ2v) is 8.74. The van der Waals surface area contributed by atoms with Crippen molar-refractivity contribution in [2.75, 3.05) is 5.75 Å². The number of nitrogens with zero attached hydrogens (tertiary/aromatic N) is 1. The molecule has 3 rings (SSSR count). The van der Waals surface area contributed by atoms with Crippen LogP contribution >= 0.6 is 23.1 Å². The monoisotopic (exact) mass is 421 g/mol. The van der Waals surface area contributed by atoms with E-state index in [0.29, 0.717) is 29.2 Å². The number of carbonyl (C=O) groups is 1. The number of nitriles is 1. The van der Waals surface area contributed by atoms with Crippen molar-refractivity contribution in [2.45, 2.75) is 42.6 Å². The number of thiophene rings is 1. The van der Waals surface area contributed by atoms with Crippen molar-refractivity contribution >= 4 is 29.0 Å². The second-order valence-electron chi connectivity index (χ2n) is 6.73. The zero-order valence-corrected chi connectivity index (χ0v) is 16.7. The number of nitrogens with one attached hydrogen (secondary N) is 2. The predicted octanol–water partition coefficient (Wildman–Crippen LogP) is 4.12. The number of halogens is 2. The first-order valence-electron chi connectivity index (χ1n) is 8.95. The number of hydrogen-bond donors (Lipinski definition) is 2. The zero-order chi connectivity index (χ0) is 20.0. The summed E-state index contributed by atoms with van der Waals surface area (Å²) in [5.41, 5.74) is 0.274. The highest BCUT2D eigenvalue weighted by atomic mass is 32.2. The van der Waals surface area contributed by atoms with Gasteiger partial charge in [-0.05, 0) is 29.9 Å². The number of thioether (sulfide) groups is 1. The molecule has 1 heterocycles. The Kier molecular flexibility index (Phi) is 7.05. The Bertz CT molecular complexity index is 805. The van der Waals surface area contributed by atoms with Gasteiger partial charge in [0.2, 0.25) is 5.91 Å². The highest BCUT2D eigenvalue weighted by molar-refractivity contribution is 7.98. The maximum Gasteiger partial charge on any atom is 0.258 e. The van der Waals surface area contributed by atoms with Crippen LogP contribution in [0.15, 0.2) is 47.8 Å². The van der Waals surface area contributed by atoms with Crippen molar-refractivity contribution in [1.82, 2.24) is 10.6 Å². The van der Waals surface area contributed by atoms with Crippen LogP contribution in [0.4, 0.5) is 8.78 Å². The molecule has 1 aliphatic rings. The zero-order valence-electron chi connectivity index (χ0n) is 15.1. The maximum absolute atomic E-state index is 13.6. The number of amides is 1. The molecule has 2 aromatic rings. The number of hydrogen-bond acceptors (Lipinski definition) is 5. The largest absolute Gasteiger partial charge is 0.336 e. The van der Waals surface area contributed by atoms with Crippen LogP contribution in [0.3, 0.4) is 0 Å². The van der Waals surface area contributed by atoms with Gasteiger partial charge in [0.15, 0.2) is 0 Å². The summed E-state index contributed by atoms with van der Waals surface area (Å²) in [7, 11) is 0. The molecular formula is C20H21F2N3OS2. The Labute approximate surface area is 171 Å². The summed E-state index contributed by atoms with van der Waals surface area (Å²) in [6.45, 7) is 0. The minimum absolute atomic E-state index is 0.330. The van der Waals surface area contributed by atoms with Gasteiger partial charge in [0.05, 0.1) is 12.1 Å². The van der Waals surface area contributed by atoms with Crippen molar-refractivity contribution in [3.63, 3.8) is 0 Å². The molecule has 0 aliphatic heterocycles. The molecule has 1 aliphatic carbocycles. The van der Waals surface area contributed by atoms with Crippen LogP contribution in [0.25, 0.3) is 0 Å². The third-order valence-electron chi connectivity index (χ3n) is 4.52. The molecule has 1 saturated carbocycles. The van der Waals surface area contributed by atoms with E-state index in [1.807, 2.05) is 30.3 Å². The third kappa shape index (κ3) is 5.53. The van der Waals surface area contributed by atoms with Crippen LogP contribution < -0.4 is 10.6 Å². The van der Waals surface area contributed by atoms with Gasteiger partial charge in [0, 0.05) is 16.4 Å². The summed E-state index contributed by atoms with van der Waals surface area (Å²) < 4.78 is 27.3. The molecule has 0 saturated heterocycles. The lowest BCUT2D eigenvalue weighted by molar-refractivity contribution is -0.123. The molecule has 28 heavy (non-hydrogen) atoms. The van der Waals surface area contributed by atoms with E-state index < -0.39 is 30.0 Å². The van der Waals surface area contributed by atoms with Crippen LogP contribution in [0.5, 0.6) is 0 Å².